The van der Waals surface area contributed by atoms with Crippen molar-refractivity contribution in [1.82, 2.24) is 15.1 Å². The molecular weight excluding hydrogens is 332 g/mol. The number of anilines is 1. The first kappa shape index (κ1) is 18.0. The molecule has 1 aliphatic rings. The van der Waals surface area contributed by atoms with Crippen LogP contribution < -0.4 is 16.2 Å². The van der Waals surface area contributed by atoms with Gasteiger partial charge >= 0.3 is 0 Å². The molecule has 1 unspecified atom stereocenters. The maximum absolute atomic E-state index is 12.3. The molecule has 7 nitrogen and oxygen atoms in total. The number of aromatic nitrogens is 2. The van der Waals surface area contributed by atoms with Gasteiger partial charge in [-0.25, -0.2) is 0 Å². The Morgan fingerprint density at radius 1 is 1.31 bits per heavy atom. The highest BCUT2D eigenvalue weighted by molar-refractivity contribution is 5.92. The van der Waals surface area contributed by atoms with E-state index in [9.17, 15) is 14.4 Å². The molecular formula is C19H24N4O3. The molecule has 0 spiro atoms. The van der Waals surface area contributed by atoms with E-state index in [0.717, 1.165) is 12.0 Å². The molecule has 26 heavy (non-hydrogen) atoms. The normalized spacial score (nSPS) is 16.7. The fraction of sp³-hybridized carbons (Fsp3) is 0.421. The second-order valence-electron chi connectivity index (χ2n) is 7.13. The number of H-pyrrole nitrogens is 1. The Kier molecular flexibility index (Phi) is 5.25. The molecule has 138 valence electrons. The zero-order valence-corrected chi connectivity index (χ0v) is 15.0. The van der Waals surface area contributed by atoms with Crippen LogP contribution in [0.1, 0.15) is 44.0 Å². The minimum atomic E-state index is -0.199. The average Bonchev–Trinajstić information content (AvgIpc) is 3.13. The fourth-order valence-corrected chi connectivity index (χ4v) is 3.15. The highest BCUT2D eigenvalue weighted by atomic mass is 16.2. The van der Waals surface area contributed by atoms with Gasteiger partial charge in [0.05, 0.1) is 12.5 Å². The summed E-state index contributed by atoms with van der Waals surface area (Å²) in [4.78, 5) is 35.6. The van der Waals surface area contributed by atoms with Gasteiger partial charge in [0.2, 0.25) is 11.8 Å². The molecule has 1 fully saturated rings. The van der Waals surface area contributed by atoms with E-state index < -0.39 is 0 Å². The van der Waals surface area contributed by atoms with Gasteiger partial charge in [-0.05, 0) is 30.0 Å². The molecule has 1 atom stereocenters. The molecule has 1 aromatic carbocycles. The van der Waals surface area contributed by atoms with Crippen LogP contribution >= 0.6 is 0 Å². The van der Waals surface area contributed by atoms with Crippen molar-refractivity contribution in [2.75, 3.05) is 5.32 Å². The zero-order chi connectivity index (χ0) is 18.7. The predicted octanol–water partition coefficient (Wildman–Crippen LogP) is 1.96. The van der Waals surface area contributed by atoms with Gasteiger partial charge in [-0.15, -0.1) is 0 Å². The van der Waals surface area contributed by atoms with Crippen LogP contribution in [0.25, 0.3) is 0 Å². The zero-order valence-electron chi connectivity index (χ0n) is 15.0. The summed E-state index contributed by atoms with van der Waals surface area (Å²) < 4.78 is 1.52. The lowest BCUT2D eigenvalue weighted by Gasteiger charge is -2.12. The average molecular weight is 356 g/mol. The number of benzene rings is 1. The Hall–Kier alpha value is -2.83. The Labute approximate surface area is 151 Å². The predicted molar refractivity (Wildman–Crippen MR) is 98.8 cm³/mol. The first-order valence-corrected chi connectivity index (χ1v) is 8.88. The molecule has 0 saturated carbocycles. The van der Waals surface area contributed by atoms with Crippen LogP contribution in [0.5, 0.6) is 0 Å². The highest BCUT2D eigenvalue weighted by Crippen LogP contribution is 2.25. The number of aromatic amines is 1. The van der Waals surface area contributed by atoms with Crippen LogP contribution in [0.15, 0.2) is 35.1 Å². The molecule has 3 N–H and O–H groups in total. The van der Waals surface area contributed by atoms with Gasteiger partial charge in [-0.1, -0.05) is 26.0 Å². The lowest BCUT2D eigenvalue weighted by atomic mass is 10.0. The van der Waals surface area contributed by atoms with Crippen molar-refractivity contribution in [2.24, 2.45) is 5.92 Å². The SMILES string of the molecule is CC(C)Cn1[nH]c(CC(=O)Nc2cccc(C3CCC(=O)N3)c2)cc1=O. The van der Waals surface area contributed by atoms with Crippen molar-refractivity contribution in [1.29, 1.82) is 0 Å². The van der Waals surface area contributed by atoms with Gasteiger partial charge < -0.3 is 10.6 Å². The second kappa shape index (κ2) is 7.59. The number of rotatable bonds is 6. The van der Waals surface area contributed by atoms with Gasteiger partial charge in [0, 0.05) is 30.4 Å². The summed E-state index contributed by atoms with van der Waals surface area (Å²) in [6.07, 6.45) is 1.40. The van der Waals surface area contributed by atoms with Gasteiger partial charge in [-0.2, -0.15) is 0 Å². The third-order valence-corrected chi connectivity index (χ3v) is 4.31. The number of nitrogens with one attached hydrogen (secondary N) is 3. The van der Waals surface area contributed by atoms with Crippen LogP contribution in [-0.4, -0.2) is 21.6 Å². The summed E-state index contributed by atoms with van der Waals surface area (Å²) in [5.41, 5.74) is 2.12. The number of carbonyl (C=O) groups is 2. The smallest absolute Gasteiger partial charge is 0.266 e. The molecule has 2 aromatic rings. The number of hydrogen-bond acceptors (Lipinski definition) is 3. The summed E-state index contributed by atoms with van der Waals surface area (Å²) in [5, 5.41) is 8.76. The number of carbonyl (C=O) groups excluding carboxylic acids is 2. The quantitative estimate of drug-likeness (QED) is 0.738. The molecule has 0 aliphatic carbocycles. The van der Waals surface area contributed by atoms with E-state index >= 15 is 0 Å². The summed E-state index contributed by atoms with van der Waals surface area (Å²) >= 11 is 0. The first-order chi connectivity index (χ1) is 12.4. The molecule has 3 rings (SSSR count). The van der Waals surface area contributed by atoms with Crippen LogP contribution in [0.4, 0.5) is 5.69 Å². The van der Waals surface area contributed by atoms with Gasteiger partial charge in [0.1, 0.15) is 0 Å². The molecule has 7 heteroatoms. The topological polar surface area (TPSA) is 96.0 Å². The minimum absolute atomic E-state index is 0.000715. The monoisotopic (exact) mass is 356 g/mol. The van der Waals surface area contributed by atoms with Crippen molar-refractivity contribution in [3.05, 3.63) is 51.9 Å². The first-order valence-electron chi connectivity index (χ1n) is 8.88. The molecule has 0 radical (unpaired) electrons. The van der Waals surface area contributed by atoms with Crippen LogP contribution in [0.3, 0.4) is 0 Å². The Morgan fingerprint density at radius 3 is 2.81 bits per heavy atom. The van der Waals surface area contributed by atoms with E-state index in [1.807, 2.05) is 38.1 Å². The van der Waals surface area contributed by atoms with Crippen molar-refractivity contribution < 1.29 is 9.59 Å². The van der Waals surface area contributed by atoms with E-state index in [1.165, 1.54) is 10.7 Å². The van der Waals surface area contributed by atoms with E-state index in [4.69, 9.17) is 0 Å². The highest BCUT2D eigenvalue weighted by Gasteiger charge is 2.22. The van der Waals surface area contributed by atoms with Crippen molar-refractivity contribution in [3.8, 4) is 0 Å². The van der Waals surface area contributed by atoms with Crippen molar-refractivity contribution in [3.63, 3.8) is 0 Å². The van der Waals surface area contributed by atoms with Gasteiger partial charge in [0.15, 0.2) is 0 Å². The van der Waals surface area contributed by atoms with E-state index in [0.29, 0.717) is 30.3 Å². The molecule has 2 amide bonds. The second-order valence-corrected chi connectivity index (χ2v) is 7.13. The third-order valence-electron chi connectivity index (χ3n) is 4.31. The van der Waals surface area contributed by atoms with E-state index in [1.54, 1.807) is 0 Å². The fourth-order valence-electron chi connectivity index (χ4n) is 3.15. The summed E-state index contributed by atoms with van der Waals surface area (Å²) in [6.45, 7) is 4.65. The van der Waals surface area contributed by atoms with Crippen molar-refractivity contribution >= 4 is 17.5 Å². The largest absolute Gasteiger partial charge is 0.349 e. The van der Waals surface area contributed by atoms with Crippen LogP contribution in [-0.2, 0) is 22.6 Å². The van der Waals surface area contributed by atoms with Crippen molar-refractivity contribution in [2.45, 2.75) is 45.7 Å². The molecule has 1 aromatic heterocycles. The number of hydrogen-bond donors (Lipinski definition) is 3. The van der Waals surface area contributed by atoms with E-state index in [2.05, 4.69) is 15.7 Å². The Morgan fingerprint density at radius 2 is 2.12 bits per heavy atom. The van der Waals surface area contributed by atoms with Gasteiger partial charge in [0.25, 0.3) is 5.56 Å². The maximum Gasteiger partial charge on any atom is 0.266 e. The molecule has 2 heterocycles. The molecule has 1 aliphatic heterocycles. The lowest BCUT2D eigenvalue weighted by molar-refractivity contribution is -0.119. The Bertz CT molecular complexity index is 866. The Balaban J connectivity index is 1.63. The van der Waals surface area contributed by atoms with Crippen LogP contribution in [0.2, 0.25) is 0 Å². The number of nitrogens with zero attached hydrogens (tertiary/aromatic N) is 1. The van der Waals surface area contributed by atoms with Crippen LogP contribution in [0, 0.1) is 5.92 Å². The summed E-state index contributed by atoms with van der Waals surface area (Å²) in [5.74, 6) is 0.196. The summed E-state index contributed by atoms with van der Waals surface area (Å²) in [6, 6.07) is 8.95. The minimum Gasteiger partial charge on any atom is -0.349 e. The van der Waals surface area contributed by atoms with Gasteiger partial charge in [-0.3, -0.25) is 24.2 Å². The summed E-state index contributed by atoms with van der Waals surface area (Å²) in [7, 11) is 0. The molecule has 0 bridgehead atoms. The standard InChI is InChI=1S/C19H24N4O3/c1-12(2)11-23-19(26)10-15(22-23)9-18(25)20-14-5-3-4-13(8-14)16-6-7-17(24)21-16/h3-5,8,10,12,16,22H,6-7,9,11H2,1-2H3,(H,20,25)(H,21,24). The molecule has 1 saturated heterocycles. The number of amides is 2. The third kappa shape index (κ3) is 4.41. The maximum atomic E-state index is 12.3. The lowest BCUT2D eigenvalue weighted by Crippen LogP contribution is -2.19. The van der Waals surface area contributed by atoms with E-state index in [-0.39, 0.29) is 29.8 Å².